The van der Waals surface area contributed by atoms with Crippen LogP contribution in [0.25, 0.3) is 31.9 Å². The third kappa shape index (κ3) is 5.99. The number of halogens is 4. The van der Waals surface area contributed by atoms with Crippen LogP contribution in [0.1, 0.15) is 56.9 Å². The van der Waals surface area contributed by atoms with Crippen LogP contribution in [-0.2, 0) is 14.3 Å². The second kappa shape index (κ2) is 11.2. The molecular formula is C28H26Cl2F2N2O3S. The van der Waals surface area contributed by atoms with Gasteiger partial charge >= 0.3 is 5.97 Å². The summed E-state index contributed by atoms with van der Waals surface area (Å²) in [5.41, 5.74) is 2.67. The highest BCUT2D eigenvalue weighted by molar-refractivity contribution is 7.22. The molecule has 1 atom stereocenters. The largest absolute Gasteiger partial charge is 0.464 e. The first-order valence-corrected chi connectivity index (χ1v) is 13.4. The molecule has 4 rings (SSSR count). The minimum Gasteiger partial charge on any atom is -0.464 e. The molecule has 38 heavy (non-hydrogen) atoms. The number of thiazole rings is 1. The fourth-order valence-electron chi connectivity index (χ4n) is 4.16. The van der Waals surface area contributed by atoms with E-state index in [9.17, 15) is 13.6 Å². The van der Waals surface area contributed by atoms with Crippen molar-refractivity contribution in [2.75, 3.05) is 6.61 Å². The highest BCUT2D eigenvalue weighted by atomic mass is 35.5. The Morgan fingerprint density at radius 3 is 2.42 bits per heavy atom. The highest BCUT2D eigenvalue weighted by Crippen LogP contribution is 2.45. The van der Waals surface area contributed by atoms with Gasteiger partial charge in [-0.3, -0.25) is 0 Å². The number of esters is 1. The van der Waals surface area contributed by atoms with E-state index in [2.05, 4.69) is 4.98 Å². The molecule has 2 aromatic heterocycles. The predicted octanol–water partition coefficient (Wildman–Crippen LogP) is 9.00. The summed E-state index contributed by atoms with van der Waals surface area (Å²) >= 11 is 13.5. The first-order chi connectivity index (χ1) is 17.9. The summed E-state index contributed by atoms with van der Waals surface area (Å²) in [5, 5.41) is 0.986. The van der Waals surface area contributed by atoms with Crippen molar-refractivity contribution in [3.05, 3.63) is 69.5 Å². The van der Waals surface area contributed by atoms with Crippen molar-refractivity contribution in [2.24, 2.45) is 0 Å². The fourth-order valence-corrected chi connectivity index (χ4v) is 5.61. The third-order valence-electron chi connectivity index (χ3n) is 5.66. The second-order valence-electron chi connectivity index (χ2n) is 9.61. The minimum absolute atomic E-state index is 0.0828. The highest BCUT2D eigenvalue weighted by Gasteiger charge is 2.33. The predicted molar refractivity (Wildman–Crippen MR) is 148 cm³/mol. The standard InChI is InChI=1S/C28H26Cl2F2N2O3S/c1-6-36-27(35)23(37-28(3,4)5)21-14(2)11-19-24(22(21)15-7-9-16(29)10-8-15)38-26(34-19)17-12-20(30)33-13-18(17)25(31)32/h7-13,23,25H,6H2,1-5H3/t23-/m0/s1. The average molecular weight is 579 g/mol. The Bertz CT molecular complexity index is 1480. The number of pyridine rings is 1. The first kappa shape index (κ1) is 28.4. The smallest absolute Gasteiger partial charge is 0.339 e. The normalized spacial score (nSPS) is 12.8. The molecule has 0 radical (unpaired) electrons. The zero-order chi connectivity index (χ0) is 27.8. The van der Waals surface area contributed by atoms with E-state index < -0.39 is 24.1 Å². The Morgan fingerprint density at radius 2 is 1.82 bits per heavy atom. The van der Waals surface area contributed by atoms with Crippen molar-refractivity contribution in [1.82, 2.24) is 9.97 Å². The van der Waals surface area contributed by atoms with E-state index in [1.54, 1.807) is 19.1 Å². The molecule has 0 aliphatic carbocycles. The van der Waals surface area contributed by atoms with Gasteiger partial charge in [-0.05, 0) is 70.0 Å². The maximum Gasteiger partial charge on any atom is 0.339 e. The topological polar surface area (TPSA) is 61.3 Å². The number of fused-ring (bicyclic) bond motifs is 1. The van der Waals surface area contributed by atoms with Crippen molar-refractivity contribution >= 4 is 50.7 Å². The zero-order valence-corrected chi connectivity index (χ0v) is 23.8. The van der Waals surface area contributed by atoms with Crippen molar-refractivity contribution in [3.63, 3.8) is 0 Å². The first-order valence-electron chi connectivity index (χ1n) is 11.9. The van der Waals surface area contributed by atoms with E-state index in [0.717, 1.165) is 17.3 Å². The molecule has 0 saturated carbocycles. The zero-order valence-electron chi connectivity index (χ0n) is 21.4. The Hall–Kier alpha value is -2.65. The van der Waals surface area contributed by atoms with Gasteiger partial charge in [0.1, 0.15) is 10.2 Å². The van der Waals surface area contributed by atoms with Crippen molar-refractivity contribution in [3.8, 4) is 21.7 Å². The number of ether oxygens (including phenoxy) is 2. The van der Waals surface area contributed by atoms with Gasteiger partial charge in [-0.1, -0.05) is 35.3 Å². The molecule has 0 aliphatic heterocycles. The molecule has 0 bridgehead atoms. The van der Waals surface area contributed by atoms with Crippen LogP contribution in [0.2, 0.25) is 10.2 Å². The van der Waals surface area contributed by atoms with Crippen molar-refractivity contribution in [2.45, 2.75) is 52.7 Å². The number of benzene rings is 2. The Labute approximate surface area is 233 Å². The SMILES string of the molecule is CCOC(=O)[C@@H](OC(C)(C)C)c1c(C)cc2nc(-c3cc(Cl)ncc3C(F)F)sc2c1-c1ccc(Cl)cc1. The van der Waals surface area contributed by atoms with E-state index in [-0.39, 0.29) is 22.9 Å². The molecule has 10 heteroatoms. The van der Waals surface area contributed by atoms with Gasteiger partial charge in [0.25, 0.3) is 6.43 Å². The third-order valence-corrected chi connectivity index (χ3v) is 7.24. The van der Waals surface area contributed by atoms with Crippen LogP contribution >= 0.6 is 34.5 Å². The van der Waals surface area contributed by atoms with Gasteiger partial charge in [-0.2, -0.15) is 0 Å². The molecule has 0 spiro atoms. The fraction of sp³-hybridized carbons (Fsp3) is 0.321. The lowest BCUT2D eigenvalue weighted by Gasteiger charge is -2.29. The van der Waals surface area contributed by atoms with Crippen LogP contribution in [-0.4, -0.2) is 28.1 Å². The number of aryl methyl sites for hydroxylation is 1. The molecule has 2 heterocycles. The monoisotopic (exact) mass is 578 g/mol. The molecule has 200 valence electrons. The summed E-state index contributed by atoms with van der Waals surface area (Å²) in [5.74, 6) is -0.522. The molecule has 5 nitrogen and oxygen atoms in total. The van der Waals surface area contributed by atoms with Crippen LogP contribution in [0.4, 0.5) is 8.78 Å². The molecule has 0 unspecified atom stereocenters. The van der Waals surface area contributed by atoms with Crippen molar-refractivity contribution < 1.29 is 23.0 Å². The van der Waals surface area contributed by atoms with Gasteiger partial charge < -0.3 is 9.47 Å². The summed E-state index contributed by atoms with van der Waals surface area (Å²) in [4.78, 5) is 21.8. The summed E-state index contributed by atoms with van der Waals surface area (Å²) < 4.78 is 40.1. The van der Waals surface area contributed by atoms with Gasteiger partial charge in [0.05, 0.1) is 22.4 Å². The van der Waals surface area contributed by atoms with Gasteiger partial charge in [0, 0.05) is 33.5 Å². The molecule has 2 aromatic carbocycles. The van der Waals surface area contributed by atoms with E-state index in [0.29, 0.717) is 31.4 Å². The Balaban J connectivity index is 2.06. The molecular weight excluding hydrogens is 553 g/mol. The van der Waals surface area contributed by atoms with Crippen LogP contribution in [0.3, 0.4) is 0 Å². The van der Waals surface area contributed by atoms with E-state index in [1.807, 2.05) is 45.9 Å². The van der Waals surface area contributed by atoms with E-state index in [4.69, 9.17) is 37.7 Å². The summed E-state index contributed by atoms with van der Waals surface area (Å²) in [6.45, 7) is 9.36. The Kier molecular flexibility index (Phi) is 8.37. The van der Waals surface area contributed by atoms with Gasteiger partial charge in [-0.15, -0.1) is 11.3 Å². The van der Waals surface area contributed by atoms with Gasteiger partial charge in [-0.25, -0.2) is 23.5 Å². The lowest BCUT2D eigenvalue weighted by molar-refractivity contribution is -0.166. The average Bonchev–Trinajstić information content (AvgIpc) is 3.25. The summed E-state index contributed by atoms with van der Waals surface area (Å²) in [6, 6.07) is 10.4. The van der Waals surface area contributed by atoms with Crippen LogP contribution in [0.15, 0.2) is 42.6 Å². The molecule has 0 aliphatic rings. The lowest BCUT2D eigenvalue weighted by Crippen LogP contribution is -2.29. The van der Waals surface area contributed by atoms with Gasteiger partial charge in [0.2, 0.25) is 0 Å². The lowest BCUT2D eigenvalue weighted by atomic mass is 9.91. The molecule has 0 amide bonds. The second-order valence-corrected chi connectivity index (χ2v) is 11.4. The molecule has 0 N–H and O–H groups in total. The van der Waals surface area contributed by atoms with E-state index >= 15 is 0 Å². The van der Waals surface area contributed by atoms with Crippen LogP contribution < -0.4 is 0 Å². The quantitative estimate of drug-likeness (QED) is 0.162. The minimum atomic E-state index is -2.76. The van der Waals surface area contributed by atoms with Crippen LogP contribution in [0, 0.1) is 6.92 Å². The number of aromatic nitrogens is 2. The summed E-state index contributed by atoms with van der Waals surface area (Å²) in [6.07, 6.45) is -2.73. The number of hydrogen-bond donors (Lipinski definition) is 0. The maximum absolute atomic E-state index is 13.8. The van der Waals surface area contributed by atoms with Crippen LogP contribution in [0.5, 0.6) is 0 Å². The molecule has 0 fully saturated rings. The van der Waals surface area contributed by atoms with E-state index in [1.165, 1.54) is 17.4 Å². The van der Waals surface area contributed by atoms with Gasteiger partial charge in [0.15, 0.2) is 6.10 Å². The number of rotatable bonds is 7. The maximum atomic E-state index is 13.8. The molecule has 0 saturated heterocycles. The number of carbonyl (C=O) groups is 1. The number of hydrogen-bond acceptors (Lipinski definition) is 6. The number of alkyl halides is 2. The van der Waals surface area contributed by atoms with Crippen molar-refractivity contribution in [1.29, 1.82) is 0 Å². The number of carbonyl (C=O) groups excluding carboxylic acids is 1. The Morgan fingerprint density at radius 1 is 1.13 bits per heavy atom. The molecule has 4 aromatic rings. The number of nitrogens with zero attached hydrogens (tertiary/aromatic N) is 2. The summed E-state index contributed by atoms with van der Waals surface area (Å²) in [7, 11) is 0.